The molecule has 0 amide bonds. The minimum Gasteiger partial charge on any atom is -0.472 e. The van der Waals surface area contributed by atoms with E-state index >= 15 is 0 Å². The van der Waals surface area contributed by atoms with E-state index in [0.29, 0.717) is 12.3 Å². The van der Waals surface area contributed by atoms with Crippen LogP contribution in [0.3, 0.4) is 0 Å². The summed E-state index contributed by atoms with van der Waals surface area (Å²) in [5, 5.41) is 1.03. The van der Waals surface area contributed by atoms with Crippen molar-refractivity contribution in [2.75, 3.05) is 11.6 Å². The molecule has 0 fully saturated rings. The van der Waals surface area contributed by atoms with Crippen molar-refractivity contribution in [1.29, 1.82) is 0 Å². The van der Waals surface area contributed by atoms with E-state index in [-0.39, 0.29) is 5.63 Å². The van der Waals surface area contributed by atoms with Gasteiger partial charge in [0, 0.05) is 34.8 Å². The SMILES string of the molecule is CCCc1cc(=O)oc2c(C)c3c(cc12)CN(c1ccc(C)cc1)CO3. The molecule has 26 heavy (non-hydrogen) atoms. The molecule has 4 heteroatoms. The van der Waals surface area contributed by atoms with Crippen LogP contribution in [0.4, 0.5) is 5.69 Å². The van der Waals surface area contributed by atoms with E-state index in [1.165, 1.54) is 5.56 Å². The molecule has 4 nitrogen and oxygen atoms in total. The second-order valence-electron chi connectivity index (χ2n) is 7.01. The van der Waals surface area contributed by atoms with Gasteiger partial charge in [-0.3, -0.25) is 0 Å². The fourth-order valence-corrected chi connectivity index (χ4v) is 3.68. The Kier molecular flexibility index (Phi) is 4.19. The fraction of sp³-hybridized carbons (Fsp3) is 0.318. The van der Waals surface area contributed by atoms with Crippen molar-refractivity contribution in [1.82, 2.24) is 0 Å². The highest BCUT2D eigenvalue weighted by Gasteiger charge is 2.23. The Bertz CT molecular complexity index is 1020. The summed E-state index contributed by atoms with van der Waals surface area (Å²) >= 11 is 0. The third-order valence-electron chi connectivity index (χ3n) is 5.02. The first-order valence-corrected chi connectivity index (χ1v) is 9.10. The van der Waals surface area contributed by atoms with Crippen LogP contribution in [0.5, 0.6) is 5.75 Å². The highest BCUT2D eigenvalue weighted by Crippen LogP contribution is 2.37. The molecule has 0 N–H and O–H groups in total. The van der Waals surface area contributed by atoms with Gasteiger partial charge in [-0.05, 0) is 44.0 Å². The van der Waals surface area contributed by atoms with Crippen molar-refractivity contribution in [2.45, 2.75) is 40.2 Å². The van der Waals surface area contributed by atoms with Gasteiger partial charge in [0.1, 0.15) is 11.3 Å². The maximum Gasteiger partial charge on any atom is 0.336 e. The molecule has 0 atom stereocenters. The van der Waals surface area contributed by atoms with Gasteiger partial charge in [0.05, 0.1) is 0 Å². The van der Waals surface area contributed by atoms with Gasteiger partial charge < -0.3 is 14.1 Å². The Morgan fingerprint density at radius 1 is 1.12 bits per heavy atom. The molecular weight excluding hydrogens is 326 g/mol. The smallest absolute Gasteiger partial charge is 0.336 e. The zero-order valence-electron chi connectivity index (χ0n) is 15.5. The first-order valence-electron chi connectivity index (χ1n) is 9.10. The zero-order chi connectivity index (χ0) is 18.3. The number of fused-ring (bicyclic) bond motifs is 2. The number of nitrogens with zero attached hydrogens (tertiary/aromatic N) is 1. The van der Waals surface area contributed by atoms with Crippen molar-refractivity contribution in [2.24, 2.45) is 0 Å². The molecule has 0 aliphatic carbocycles. The molecule has 1 aliphatic heterocycles. The minimum atomic E-state index is -0.291. The summed E-state index contributed by atoms with van der Waals surface area (Å²) in [7, 11) is 0. The van der Waals surface area contributed by atoms with Crippen molar-refractivity contribution >= 4 is 16.7 Å². The van der Waals surface area contributed by atoms with Crippen LogP contribution in [0.1, 0.15) is 35.6 Å². The lowest BCUT2D eigenvalue weighted by molar-refractivity contribution is 0.287. The first kappa shape index (κ1) is 16.7. The number of rotatable bonds is 3. The van der Waals surface area contributed by atoms with E-state index < -0.39 is 0 Å². The maximum atomic E-state index is 11.9. The average Bonchev–Trinajstić information content (AvgIpc) is 2.63. The van der Waals surface area contributed by atoms with E-state index in [1.54, 1.807) is 6.07 Å². The molecule has 0 spiro atoms. The van der Waals surface area contributed by atoms with E-state index in [2.05, 4.69) is 49.1 Å². The molecular formula is C22H23NO3. The molecule has 134 valence electrons. The van der Waals surface area contributed by atoms with Crippen molar-refractivity contribution in [3.63, 3.8) is 0 Å². The second kappa shape index (κ2) is 6.52. The molecule has 4 rings (SSSR count). The Morgan fingerprint density at radius 3 is 2.62 bits per heavy atom. The molecule has 0 unspecified atom stereocenters. The van der Waals surface area contributed by atoms with Crippen molar-refractivity contribution in [3.05, 3.63) is 69.1 Å². The number of hydrogen-bond acceptors (Lipinski definition) is 4. The Morgan fingerprint density at radius 2 is 1.88 bits per heavy atom. The lowest BCUT2D eigenvalue weighted by Crippen LogP contribution is -2.32. The van der Waals surface area contributed by atoms with Crippen LogP contribution in [0, 0.1) is 13.8 Å². The third-order valence-corrected chi connectivity index (χ3v) is 5.02. The molecule has 0 bridgehead atoms. The van der Waals surface area contributed by atoms with E-state index in [1.807, 2.05) is 6.92 Å². The maximum absolute atomic E-state index is 11.9. The van der Waals surface area contributed by atoms with Crippen LogP contribution < -0.4 is 15.3 Å². The number of benzene rings is 2. The van der Waals surface area contributed by atoms with Crippen LogP contribution in [-0.4, -0.2) is 6.73 Å². The van der Waals surface area contributed by atoms with Crippen LogP contribution in [0.25, 0.3) is 11.0 Å². The molecule has 2 heterocycles. The summed E-state index contributed by atoms with van der Waals surface area (Å²) in [6.45, 7) is 7.45. The van der Waals surface area contributed by atoms with Crippen LogP contribution in [-0.2, 0) is 13.0 Å². The summed E-state index contributed by atoms with van der Waals surface area (Å²) < 4.78 is 11.6. The summed E-state index contributed by atoms with van der Waals surface area (Å²) in [6.07, 6.45) is 1.85. The van der Waals surface area contributed by atoms with Crippen molar-refractivity contribution < 1.29 is 9.15 Å². The van der Waals surface area contributed by atoms with E-state index in [0.717, 1.165) is 52.9 Å². The largest absolute Gasteiger partial charge is 0.472 e. The molecule has 2 aromatic carbocycles. The first-order chi connectivity index (χ1) is 12.6. The average molecular weight is 349 g/mol. The predicted molar refractivity (Wildman–Crippen MR) is 104 cm³/mol. The normalized spacial score (nSPS) is 13.6. The fourth-order valence-electron chi connectivity index (χ4n) is 3.68. The van der Waals surface area contributed by atoms with Gasteiger partial charge in [0.2, 0.25) is 0 Å². The van der Waals surface area contributed by atoms with Gasteiger partial charge in [0.25, 0.3) is 0 Å². The molecule has 1 aliphatic rings. The Balaban J connectivity index is 1.81. The molecule has 3 aromatic rings. The number of anilines is 1. The number of aryl methyl sites for hydroxylation is 3. The zero-order valence-corrected chi connectivity index (χ0v) is 15.5. The standard InChI is InChI=1S/C22H23NO3/c1-4-5-16-11-20(24)26-22-15(3)21-17(10-19(16)22)12-23(13-25-21)18-8-6-14(2)7-9-18/h6-11H,4-5,12-13H2,1-3H3. The third kappa shape index (κ3) is 2.85. The minimum absolute atomic E-state index is 0.291. The highest BCUT2D eigenvalue weighted by molar-refractivity contribution is 5.86. The lowest BCUT2D eigenvalue weighted by Gasteiger charge is -2.32. The summed E-state index contributed by atoms with van der Waals surface area (Å²) in [4.78, 5) is 14.2. The topological polar surface area (TPSA) is 42.7 Å². The summed E-state index contributed by atoms with van der Waals surface area (Å²) in [6, 6.07) is 12.2. The summed E-state index contributed by atoms with van der Waals surface area (Å²) in [5.41, 5.74) is 5.85. The second-order valence-corrected chi connectivity index (χ2v) is 7.01. The van der Waals surface area contributed by atoms with Gasteiger partial charge >= 0.3 is 5.63 Å². The highest BCUT2D eigenvalue weighted by atomic mass is 16.5. The Labute approximate surface area is 153 Å². The predicted octanol–water partition coefficient (Wildman–Crippen LogP) is 4.72. The monoisotopic (exact) mass is 349 g/mol. The van der Waals surface area contributed by atoms with Crippen molar-refractivity contribution in [3.8, 4) is 5.75 Å². The van der Waals surface area contributed by atoms with Crippen LogP contribution >= 0.6 is 0 Å². The number of hydrogen-bond donors (Lipinski definition) is 0. The van der Waals surface area contributed by atoms with Gasteiger partial charge in [-0.1, -0.05) is 31.0 Å². The quantitative estimate of drug-likeness (QED) is 0.642. The van der Waals surface area contributed by atoms with Gasteiger partial charge in [-0.25, -0.2) is 4.79 Å². The van der Waals surface area contributed by atoms with E-state index in [4.69, 9.17) is 9.15 Å². The van der Waals surface area contributed by atoms with Crippen LogP contribution in [0.15, 0.2) is 45.6 Å². The molecule has 0 radical (unpaired) electrons. The molecule has 0 saturated carbocycles. The molecule has 1 aromatic heterocycles. The van der Waals surface area contributed by atoms with Gasteiger partial charge in [-0.2, -0.15) is 0 Å². The Hall–Kier alpha value is -2.75. The summed E-state index contributed by atoms with van der Waals surface area (Å²) in [5.74, 6) is 0.845. The number of ether oxygens (including phenoxy) is 1. The lowest BCUT2D eigenvalue weighted by atomic mass is 9.98. The van der Waals surface area contributed by atoms with E-state index in [9.17, 15) is 4.79 Å². The molecule has 0 saturated heterocycles. The van der Waals surface area contributed by atoms with Gasteiger partial charge in [-0.15, -0.1) is 0 Å². The van der Waals surface area contributed by atoms with Gasteiger partial charge in [0.15, 0.2) is 6.73 Å². The van der Waals surface area contributed by atoms with Crippen LogP contribution in [0.2, 0.25) is 0 Å².